The molecular weight excluding hydrogens is 246 g/mol. The van der Waals surface area contributed by atoms with Crippen molar-refractivity contribution in [3.8, 4) is 0 Å². The van der Waals surface area contributed by atoms with Crippen molar-refractivity contribution in [2.24, 2.45) is 0 Å². The van der Waals surface area contributed by atoms with E-state index in [1.165, 1.54) is 29.5 Å². The van der Waals surface area contributed by atoms with Crippen LogP contribution in [0.4, 0.5) is 0 Å². The predicted octanol–water partition coefficient (Wildman–Crippen LogP) is 4.30. The summed E-state index contributed by atoms with van der Waals surface area (Å²) < 4.78 is 5.84. The summed E-state index contributed by atoms with van der Waals surface area (Å²) in [5.74, 6) is 0. The van der Waals surface area contributed by atoms with Gasteiger partial charge in [-0.05, 0) is 51.2 Å². The molecule has 1 aliphatic rings. The maximum Gasteiger partial charge on any atom is 0.0589 e. The van der Waals surface area contributed by atoms with Crippen molar-refractivity contribution in [2.45, 2.75) is 71.6 Å². The minimum absolute atomic E-state index is 0.418. The molecule has 0 aliphatic carbocycles. The fourth-order valence-corrected chi connectivity index (χ4v) is 3.31. The Hall–Kier alpha value is -0.860. The van der Waals surface area contributed by atoms with Crippen LogP contribution in [0.25, 0.3) is 0 Å². The summed E-state index contributed by atoms with van der Waals surface area (Å²) in [4.78, 5) is 0. The first kappa shape index (κ1) is 15.5. The van der Waals surface area contributed by atoms with Crippen LogP contribution in [0.15, 0.2) is 18.2 Å². The van der Waals surface area contributed by atoms with Gasteiger partial charge in [-0.2, -0.15) is 0 Å². The molecule has 3 unspecified atom stereocenters. The zero-order valence-corrected chi connectivity index (χ0v) is 13.4. The Bertz CT molecular complexity index is 427. The summed E-state index contributed by atoms with van der Waals surface area (Å²) in [6.07, 6.45) is 5.15. The molecule has 0 amide bonds. The zero-order chi connectivity index (χ0) is 14.5. The molecule has 0 spiro atoms. The van der Waals surface area contributed by atoms with Gasteiger partial charge in [-0.15, -0.1) is 0 Å². The first-order chi connectivity index (χ1) is 9.60. The summed E-state index contributed by atoms with van der Waals surface area (Å²) in [5, 5.41) is 3.80. The number of hydrogen-bond acceptors (Lipinski definition) is 2. The number of benzene rings is 1. The maximum absolute atomic E-state index is 5.84. The number of hydrogen-bond donors (Lipinski definition) is 1. The van der Waals surface area contributed by atoms with Crippen LogP contribution in [-0.2, 0) is 4.74 Å². The summed E-state index contributed by atoms with van der Waals surface area (Å²) in [5.41, 5.74) is 4.16. The molecule has 2 rings (SSSR count). The molecule has 0 bridgehead atoms. The van der Waals surface area contributed by atoms with Gasteiger partial charge in [-0.25, -0.2) is 0 Å². The van der Waals surface area contributed by atoms with Gasteiger partial charge in [0.25, 0.3) is 0 Å². The van der Waals surface area contributed by atoms with Crippen LogP contribution in [-0.4, -0.2) is 18.8 Å². The minimum atomic E-state index is 0.418. The average Bonchev–Trinajstić information content (AvgIpc) is 2.39. The topological polar surface area (TPSA) is 21.3 Å². The van der Waals surface area contributed by atoms with Crippen LogP contribution in [0.2, 0.25) is 0 Å². The van der Waals surface area contributed by atoms with E-state index in [1.807, 2.05) is 0 Å². The molecule has 3 atom stereocenters. The summed E-state index contributed by atoms with van der Waals surface area (Å²) in [7, 11) is 0. The van der Waals surface area contributed by atoms with E-state index in [4.69, 9.17) is 4.74 Å². The molecule has 1 aliphatic heterocycles. The SMILES string of the molecule is CCCC1CC(NC(C)c2ccc(C)cc2C)CCO1. The Balaban J connectivity index is 1.95. The smallest absolute Gasteiger partial charge is 0.0589 e. The minimum Gasteiger partial charge on any atom is -0.378 e. The molecule has 112 valence electrons. The van der Waals surface area contributed by atoms with Crippen molar-refractivity contribution in [2.75, 3.05) is 6.61 Å². The maximum atomic E-state index is 5.84. The van der Waals surface area contributed by atoms with E-state index >= 15 is 0 Å². The van der Waals surface area contributed by atoms with E-state index in [9.17, 15) is 0 Å². The van der Waals surface area contributed by atoms with Crippen molar-refractivity contribution in [3.05, 3.63) is 34.9 Å². The lowest BCUT2D eigenvalue weighted by atomic mass is 9.96. The second-order valence-electron chi connectivity index (χ2n) is 6.25. The van der Waals surface area contributed by atoms with Crippen LogP contribution < -0.4 is 5.32 Å². The number of aryl methyl sites for hydroxylation is 2. The van der Waals surface area contributed by atoms with Crippen molar-refractivity contribution < 1.29 is 4.74 Å². The predicted molar refractivity (Wildman–Crippen MR) is 85.1 cm³/mol. The first-order valence-corrected chi connectivity index (χ1v) is 8.05. The van der Waals surface area contributed by atoms with E-state index in [-0.39, 0.29) is 0 Å². The number of rotatable bonds is 5. The first-order valence-electron chi connectivity index (χ1n) is 8.05. The van der Waals surface area contributed by atoms with Gasteiger partial charge in [0.2, 0.25) is 0 Å². The second-order valence-corrected chi connectivity index (χ2v) is 6.25. The summed E-state index contributed by atoms with van der Waals surface area (Å²) in [6.45, 7) is 9.79. The van der Waals surface area contributed by atoms with E-state index in [0.717, 1.165) is 19.4 Å². The van der Waals surface area contributed by atoms with Crippen LogP contribution >= 0.6 is 0 Å². The van der Waals surface area contributed by atoms with Crippen LogP contribution in [0.5, 0.6) is 0 Å². The van der Waals surface area contributed by atoms with E-state index in [0.29, 0.717) is 18.2 Å². The highest BCUT2D eigenvalue weighted by atomic mass is 16.5. The molecule has 0 aromatic heterocycles. The Labute approximate surface area is 123 Å². The van der Waals surface area contributed by atoms with Gasteiger partial charge in [0.1, 0.15) is 0 Å². The van der Waals surface area contributed by atoms with E-state index in [2.05, 4.69) is 51.2 Å². The molecule has 1 heterocycles. The van der Waals surface area contributed by atoms with Gasteiger partial charge in [0, 0.05) is 18.7 Å². The Morgan fingerprint density at radius 1 is 1.35 bits per heavy atom. The van der Waals surface area contributed by atoms with Gasteiger partial charge in [-0.3, -0.25) is 0 Å². The van der Waals surface area contributed by atoms with Crippen LogP contribution in [0, 0.1) is 13.8 Å². The molecule has 2 nitrogen and oxygen atoms in total. The standard InChI is InChI=1S/C18H29NO/c1-5-6-17-12-16(9-10-20-17)19-15(4)18-8-7-13(2)11-14(18)3/h7-8,11,15-17,19H,5-6,9-10,12H2,1-4H3. The summed E-state index contributed by atoms with van der Waals surface area (Å²) >= 11 is 0. The molecule has 1 aromatic carbocycles. The molecule has 20 heavy (non-hydrogen) atoms. The van der Waals surface area contributed by atoms with Crippen LogP contribution in [0.1, 0.15) is 62.3 Å². The Kier molecular flexibility index (Phi) is 5.62. The quantitative estimate of drug-likeness (QED) is 0.865. The highest BCUT2D eigenvalue weighted by molar-refractivity contribution is 5.32. The lowest BCUT2D eigenvalue weighted by Gasteiger charge is -2.32. The van der Waals surface area contributed by atoms with Gasteiger partial charge in [0.05, 0.1) is 6.10 Å². The lowest BCUT2D eigenvalue weighted by Crippen LogP contribution is -2.40. The molecule has 1 N–H and O–H groups in total. The number of ether oxygens (including phenoxy) is 1. The fraction of sp³-hybridized carbons (Fsp3) is 0.667. The molecule has 0 radical (unpaired) electrons. The molecule has 1 fully saturated rings. The third kappa shape index (κ3) is 4.07. The zero-order valence-electron chi connectivity index (χ0n) is 13.4. The average molecular weight is 275 g/mol. The van der Waals surface area contributed by atoms with Gasteiger partial charge < -0.3 is 10.1 Å². The molecule has 2 heteroatoms. The third-order valence-corrected chi connectivity index (χ3v) is 4.36. The van der Waals surface area contributed by atoms with Crippen molar-refractivity contribution in [3.63, 3.8) is 0 Å². The normalized spacial score (nSPS) is 24.6. The van der Waals surface area contributed by atoms with Crippen molar-refractivity contribution in [1.82, 2.24) is 5.32 Å². The largest absolute Gasteiger partial charge is 0.378 e. The lowest BCUT2D eigenvalue weighted by molar-refractivity contribution is -0.00473. The molecule has 1 saturated heterocycles. The van der Waals surface area contributed by atoms with Gasteiger partial charge in [-0.1, -0.05) is 37.1 Å². The third-order valence-electron chi connectivity index (χ3n) is 4.36. The Morgan fingerprint density at radius 3 is 2.85 bits per heavy atom. The molecular formula is C18H29NO. The highest BCUT2D eigenvalue weighted by Gasteiger charge is 2.23. The molecule has 1 aromatic rings. The van der Waals surface area contributed by atoms with Crippen molar-refractivity contribution >= 4 is 0 Å². The van der Waals surface area contributed by atoms with Crippen LogP contribution in [0.3, 0.4) is 0 Å². The monoisotopic (exact) mass is 275 g/mol. The highest BCUT2D eigenvalue weighted by Crippen LogP contribution is 2.23. The van der Waals surface area contributed by atoms with Crippen molar-refractivity contribution in [1.29, 1.82) is 0 Å². The van der Waals surface area contributed by atoms with E-state index < -0.39 is 0 Å². The second kappa shape index (κ2) is 7.24. The van der Waals surface area contributed by atoms with Gasteiger partial charge >= 0.3 is 0 Å². The van der Waals surface area contributed by atoms with Gasteiger partial charge in [0.15, 0.2) is 0 Å². The van der Waals surface area contributed by atoms with E-state index in [1.54, 1.807) is 0 Å². The Morgan fingerprint density at radius 2 is 2.15 bits per heavy atom. The molecule has 0 saturated carbocycles. The fourth-order valence-electron chi connectivity index (χ4n) is 3.31. The summed E-state index contributed by atoms with van der Waals surface area (Å²) in [6, 6.07) is 7.77. The number of nitrogens with one attached hydrogen (secondary N) is 1.